The van der Waals surface area contributed by atoms with Gasteiger partial charge < -0.3 is 4.90 Å². The minimum atomic E-state index is 1.04. The zero-order valence-corrected chi connectivity index (χ0v) is 9.58. The van der Waals surface area contributed by atoms with Crippen molar-refractivity contribution in [2.45, 2.75) is 13.8 Å². The quantitative estimate of drug-likeness (QED) is 0.623. The van der Waals surface area contributed by atoms with Crippen LogP contribution in [0.3, 0.4) is 0 Å². The molecule has 0 saturated carbocycles. The fourth-order valence-electron chi connectivity index (χ4n) is 1.14. The van der Waals surface area contributed by atoms with Crippen LogP contribution in [0.5, 0.6) is 0 Å². The van der Waals surface area contributed by atoms with Gasteiger partial charge in [0, 0.05) is 13.1 Å². The maximum Gasteiger partial charge on any atom is 0.101 e. The summed E-state index contributed by atoms with van der Waals surface area (Å²) in [4.78, 5) is 6.52. The molecule has 0 aromatic carbocycles. The molecule has 12 heavy (non-hydrogen) atoms. The molecule has 0 aliphatic carbocycles. The number of hydrogen-bond acceptors (Lipinski definition) is 2. The van der Waals surface area contributed by atoms with Crippen LogP contribution in [-0.2, 0) is 0 Å². The molecular weight excluding hydrogens is 263 g/mol. The predicted molar refractivity (Wildman–Crippen MR) is 60.5 cm³/mol. The molecule has 0 aliphatic heterocycles. The molecule has 66 valence electrons. The van der Waals surface area contributed by atoms with Gasteiger partial charge in [0.1, 0.15) is 3.70 Å². The van der Waals surface area contributed by atoms with Crippen LogP contribution in [0.15, 0.2) is 18.3 Å². The molecule has 0 N–H and O–H groups in total. The van der Waals surface area contributed by atoms with E-state index in [4.69, 9.17) is 0 Å². The first kappa shape index (κ1) is 9.77. The third-order valence-corrected chi connectivity index (χ3v) is 2.48. The minimum Gasteiger partial charge on any atom is -0.371 e. The highest BCUT2D eigenvalue weighted by Gasteiger charge is 2.00. The molecule has 0 aliphatic rings. The zero-order valence-electron chi connectivity index (χ0n) is 7.42. The van der Waals surface area contributed by atoms with Crippen LogP contribution in [0, 0.1) is 3.70 Å². The topological polar surface area (TPSA) is 16.1 Å². The lowest BCUT2D eigenvalue weighted by Gasteiger charge is -2.20. The van der Waals surface area contributed by atoms with Crippen molar-refractivity contribution in [3.63, 3.8) is 0 Å². The molecule has 1 heterocycles. The maximum atomic E-state index is 4.24. The summed E-state index contributed by atoms with van der Waals surface area (Å²) in [6, 6.07) is 4.15. The van der Waals surface area contributed by atoms with Gasteiger partial charge in [0.05, 0.1) is 11.9 Å². The Morgan fingerprint density at radius 1 is 1.33 bits per heavy atom. The summed E-state index contributed by atoms with van der Waals surface area (Å²) in [7, 11) is 0. The first-order valence-corrected chi connectivity index (χ1v) is 5.22. The van der Waals surface area contributed by atoms with E-state index >= 15 is 0 Å². The van der Waals surface area contributed by atoms with Crippen molar-refractivity contribution in [1.29, 1.82) is 0 Å². The summed E-state index contributed by atoms with van der Waals surface area (Å²) in [6.45, 7) is 6.39. The van der Waals surface area contributed by atoms with E-state index in [1.54, 1.807) is 0 Å². The van der Waals surface area contributed by atoms with E-state index in [0.29, 0.717) is 0 Å². The summed E-state index contributed by atoms with van der Waals surface area (Å²) < 4.78 is 1.04. The van der Waals surface area contributed by atoms with E-state index in [0.717, 1.165) is 16.8 Å². The van der Waals surface area contributed by atoms with E-state index in [-0.39, 0.29) is 0 Å². The molecule has 0 amide bonds. The number of pyridine rings is 1. The van der Waals surface area contributed by atoms with Crippen molar-refractivity contribution in [2.24, 2.45) is 0 Å². The number of halogens is 1. The summed E-state index contributed by atoms with van der Waals surface area (Å²) in [5.74, 6) is 0. The Morgan fingerprint density at radius 2 is 2.00 bits per heavy atom. The molecule has 0 saturated heterocycles. The summed E-state index contributed by atoms with van der Waals surface area (Å²) in [5, 5.41) is 0. The van der Waals surface area contributed by atoms with Crippen molar-refractivity contribution < 1.29 is 0 Å². The highest BCUT2D eigenvalue weighted by Crippen LogP contribution is 2.12. The standard InChI is InChI=1S/C9H13IN2/c1-3-12(4-2)8-5-6-9(10)11-7-8/h5-7H,3-4H2,1-2H3. The van der Waals surface area contributed by atoms with Gasteiger partial charge in [-0.15, -0.1) is 0 Å². The van der Waals surface area contributed by atoms with Crippen molar-refractivity contribution >= 4 is 28.3 Å². The number of rotatable bonds is 3. The predicted octanol–water partition coefficient (Wildman–Crippen LogP) is 2.53. The molecule has 0 fully saturated rings. The number of nitrogens with zero attached hydrogens (tertiary/aromatic N) is 2. The van der Waals surface area contributed by atoms with Gasteiger partial charge in [0.2, 0.25) is 0 Å². The van der Waals surface area contributed by atoms with Crippen LogP contribution in [0.4, 0.5) is 5.69 Å². The average molecular weight is 276 g/mol. The van der Waals surface area contributed by atoms with Crippen molar-refractivity contribution in [3.8, 4) is 0 Å². The first-order chi connectivity index (χ1) is 5.77. The Balaban J connectivity index is 2.80. The summed E-state index contributed by atoms with van der Waals surface area (Å²) in [6.07, 6.45) is 1.93. The van der Waals surface area contributed by atoms with Gasteiger partial charge in [-0.1, -0.05) is 0 Å². The third kappa shape index (κ3) is 2.33. The van der Waals surface area contributed by atoms with Crippen LogP contribution < -0.4 is 4.90 Å². The average Bonchev–Trinajstić information content (AvgIpc) is 2.10. The zero-order chi connectivity index (χ0) is 8.97. The van der Waals surface area contributed by atoms with Crippen LogP contribution >= 0.6 is 22.6 Å². The molecule has 0 bridgehead atoms. The van der Waals surface area contributed by atoms with Crippen LogP contribution in [-0.4, -0.2) is 18.1 Å². The smallest absolute Gasteiger partial charge is 0.101 e. The molecule has 0 atom stereocenters. The largest absolute Gasteiger partial charge is 0.371 e. The normalized spacial score (nSPS) is 9.92. The molecule has 0 spiro atoms. The highest BCUT2D eigenvalue weighted by molar-refractivity contribution is 14.1. The molecule has 3 heteroatoms. The van der Waals surface area contributed by atoms with Gasteiger partial charge in [0.15, 0.2) is 0 Å². The minimum absolute atomic E-state index is 1.04. The van der Waals surface area contributed by atoms with E-state index < -0.39 is 0 Å². The van der Waals surface area contributed by atoms with E-state index in [2.05, 4.69) is 52.4 Å². The first-order valence-electron chi connectivity index (χ1n) is 4.14. The number of hydrogen-bond donors (Lipinski definition) is 0. The second-order valence-electron chi connectivity index (χ2n) is 2.51. The van der Waals surface area contributed by atoms with Gasteiger partial charge in [-0.25, -0.2) is 4.98 Å². The van der Waals surface area contributed by atoms with Crippen LogP contribution in [0.25, 0.3) is 0 Å². The van der Waals surface area contributed by atoms with Gasteiger partial charge >= 0.3 is 0 Å². The van der Waals surface area contributed by atoms with Gasteiger partial charge in [-0.2, -0.15) is 0 Å². The van der Waals surface area contributed by atoms with Crippen LogP contribution in [0.1, 0.15) is 13.8 Å². The van der Waals surface area contributed by atoms with Gasteiger partial charge in [0.25, 0.3) is 0 Å². The molecule has 1 aromatic rings. The summed E-state index contributed by atoms with van der Waals surface area (Å²) in [5.41, 5.74) is 1.21. The lowest BCUT2D eigenvalue weighted by molar-refractivity contribution is 0.862. The van der Waals surface area contributed by atoms with E-state index in [9.17, 15) is 0 Å². The van der Waals surface area contributed by atoms with Gasteiger partial charge in [-0.05, 0) is 48.6 Å². The lowest BCUT2D eigenvalue weighted by Crippen LogP contribution is -2.21. The number of aromatic nitrogens is 1. The van der Waals surface area contributed by atoms with Crippen molar-refractivity contribution in [2.75, 3.05) is 18.0 Å². The SMILES string of the molecule is CCN(CC)c1ccc(I)nc1. The molecule has 2 nitrogen and oxygen atoms in total. The molecule has 0 unspecified atom stereocenters. The lowest BCUT2D eigenvalue weighted by atomic mass is 10.3. The second-order valence-corrected chi connectivity index (χ2v) is 3.62. The highest BCUT2D eigenvalue weighted by atomic mass is 127. The van der Waals surface area contributed by atoms with Gasteiger partial charge in [-0.3, -0.25) is 0 Å². The van der Waals surface area contributed by atoms with Crippen molar-refractivity contribution in [1.82, 2.24) is 4.98 Å². The Bertz CT molecular complexity index is 229. The molecular formula is C9H13IN2. The van der Waals surface area contributed by atoms with Crippen molar-refractivity contribution in [3.05, 3.63) is 22.0 Å². The fourth-order valence-corrected chi connectivity index (χ4v) is 1.46. The summed E-state index contributed by atoms with van der Waals surface area (Å²) >= 11 is 2.21. The molecule has 1 aromatic heterocycles. The third-order valence-electron chi connectivity index (χ3n) is 1.84. The number of anilines is 1. The Hall–Kier alpha value is -0.320. The van der Waals surface area contributed by atoms with E-state index in [1.807, 2.05) is 12.3 Å². The van der Waals surface area contributed by atoms with E-state index in [1.165, 1.54) is 5.69 Å². The molecule has 1 rings (SSSR count). The maximum absolute atomic E-state index is 4.24. The van der Waals surface area contributed by atoms with Crippen LogP contribution in [0.2, 0.25) is 0 Å². The molecule has 0 radical (unpaired) electrons. The Labute approximate surface area is 87.1 Å². The second kappa shape index (κ2) is 4.64. The fraction of sp³-hybridized carbons (Fsp3) is 0.444. The Morgan fingerprint density at radius 3 is 2.42 bits per heavy atom. The Kier molecular flexibility index (Phi) is 3.78. The monoisotopic (exact) mass is 276 g/mol.